The van der Waals surface area contributed by atoms with E-state index in [4.69, 9.17) is 0 Å². The van der Waals surface area contributed by atoms with E-state index in [1.54, 1.807) is 0 Å². The lowest BCUT2D eigenvalue weighted by Crippen LogP contribution is -2.74. The Morgan fingerprint density at radius 3 is 1.48 bits per heavy atom. The number of alkyl halides is 20. The van der Waals surface area contributed by atoms with E-state index in [1.807, 2.05) is 0 Å². The second-order valence-corrected chi connectivity index (χ2v) is 8.55. The third-order valence-corrected chi connectivity index (χ3v) is 5.59. The summed E-state index contributed by atoms with van der Waals surface area (Å²) in [6.07, 6.45) is -25.9. The molecule has 0 saturated carbocycles. The molecule has 0 spiro atoms. The second-order valence-electron chi connectivity index (χ2n) is 8.55. The number of cyclic esters (lactones) is 1. The summed E-state index contributed by atoms with van der Waals surface area (Å²) in [7, 11) is 0. The molecular weight excluding hydrogens is 660 g/mol. The molecular formula is C18H12F20O4. The molecule has 0 radical (unpaired) electrons. The molecule has 42 heavy (non-hydrogen) atoms. The van der Waals surface area contributed by atoms with Gasteiger partial charge in [0.2, 0.25) is 0 Å². The molecule has 1 saturated heterocycles. The van der Waals surface area contributed by atoms with E-state index in [9.17, 15) is 97.4 Å². The molecule has 4 nitrogen and oxygen atoms in total. The zero-order valence-electron chi connectivity index (χ0n) is 19.4. The van der Waals surface area contributed by atoms with Crippen molar-refractivity contribution in [1.29, 1.82) is 0 Å². The normalized spacial score (nSPS) is 19.8. The van der Waals surface area contributed by atoms with Crippen LogP contribution in [0.4, 0.5) is 87.8 Å². The molecule has 0 aromatic carbocycles. The summed E-state index contributed by atoms with van der Waals surface area (Å²) in [5.74, 6) is -62.9. The van der Waals surface area contributed by atoms with Crippen LogP contribution in [0.25, 0.3) is 0 Å². The van der Waals surface area contributed by atoms with Gasteiger partial charge in [-0.3, -0.25) is 4.79 Å². The van der Waals surface area contributed by atoms with Crippen molar-refractivity contribution in [1.82, 2.24) is 0 Å². The fraction of sp³-hybridized carbons (Fsp3) is 0.889. The fourth-order valence-electron chi connectivity index (χ4n) is 3.20. The maximum absolute atomic E-state index is 14.1. The zero-order valence-corrected chi connectivity index (χ0v) is 19.4. The first-order chi connectivity index (χ1) is 18.2. The van der Waals surface area contributed by atoms with E-state index in [2.05, 4.69) is 9.47 Å². The maximum Gasteiger partial charge on any atom is 0.490 e. The number of halogens is 20. The third kappa shape index (κ3) is 6.11. The van der Waals surface area contributed by atoms with Gasteiger partial charge in [0.1, 0.15) is 12.2 Å². The van der Waals surface area contributed by atoms with Crippen LogP contribution in [0.15, 0.2) is 0 Å². The van der Waals surface area contributed by atoms with Crippen LogP contribution >= 0.6 is 0 Å². The van der Waals surface area contributed by atoms with Crippen molar-refractivity contribution in [3.63, 3.8) is 0 Å². The van der Waals surface area contributed by atoms with Gasteiger partial charge in [-0.2, -0.15) is 87.8 Å². The molecule has 2 atom stereocenters. The van der Waals surface area contributed by atoms with Gasteiger partial charge in [-0.25, -0.2) is 4.79 Å². The number of carbonyl (C=O) groups excluding carboxylic acids is 2. The van der Waals surface area contributed by atoms with E-state index < -0.39 is 104 Å². The Kier molecular flexibility index (Phi) is 9.76. The Hall–Kier alpha value is -2.46. The van der Waals surface area contributed by atoms with Crippen molar-refractivity contribution in [2.24, 2.45) is 0 Å². The topological polar surface area (TPSA) is 52.6 Å². The molecule has 1 aliphatic heterocycles. The second kappa shape index (κ2) is 10.9. The minimum atomic E-state index is -8.84. The average Bonchev–Trinajstić information content (AvgIpc) is 2.79. The number of ether oxygens (including phenoxy) is 2. The summed E-state index contributed by atoms with van der Waals surface area (Å²) >= 11 is 0. The van der Waals surface area contributed by atoms with Gasteiger partial charge in [0.15, 0.2) is 0 Å². The molecule has 1 aliphatic rings. The molecule has 0 aliphatic carbocycles. The van der Waals surface area contributed by atoms with Gasteiger partial charge in [0.05, 0.1) is 0 Å². The Labute approximate surface area is 218 Å². The summed E-state index contributed by atoms with van der Waals surface area (Å²) in [6, 6.07) is 0. The van der Waals surface area contributed by atoms with Crippen molar-refractivity contribution < 1.29 is 107 Å². The van der Waals surface area contributed by atoms with Crippen molar-refractivity contribution in [2.75, 3.05) is 0 Å². The minimum Gasteiger partial charge on any atom is -0.458 e. The molecule has 0 N–H and O–H groups in total. The standard InChI is InChI=1S/C18H12F20O4/c19-10(20,5-4-7(42-9(40)11(21,22)23)6-2-1-3-8(39)41-6)12(24,25)13(26,27)14(28,29)15(30,31)16(32,33)17(34,35)18(36,37)38/h6-7H,1-5H2. The van der Waals surface area contributed by atoms with Crippen LogP contribution in [0, 0.1) is 0 Å². The molecule has 0 amide bonds. The minimum absolute atomic E-state index is 0.355. The largest absolute Gasteiger partial charge is 0.490 e. The third-order valence-electron chi connectivity index (χ3n) is 5.59. The molecule has 1 fully saturated rings. The highest BCUT2D eigenvalue weighted by molar-refractivity contribution is 5.76. The Bertz CT molecular complexity index is 998. The summed E-state index contributed by atoms with van der Waals surface area (Å²) in [6.45, 7) is 0. The lowest BCUT2D eigenvalue weighted by Gasteiger charge is -2.43. The summed E-state index contributed by atoms with van der Waals surface area (Å²) < 4.78 is 272. The average molecular weight is 672 g/mol. The molecule has 0 aromatic heterocycles. The highest BCUT2D eigenvalue weighted by Gasteiger charge is 2.95. The first-order valence-corrected chi connectivity index (χ1v) is 10.4. The van der Waals surface area contributed by atoms with Crippen LogP contribution in [0.3, 0.4) is 0 Å². The lowest BCUT2D eigenvalue weighted by molar-refractivity contribution is -0.461. The summed E-state index contributed by atoms with van der Waals surface area (Å²) in [4.78, 5) is 22.3. The zero-order chi connectivity index (χ0) is 33.8. The van der Waals surface area contributed by atoms with E-state index in [0.29, 0.717) is 0 Å². The van der Waals surface area contributed by atoms with E-state index in [-0.39, 0.29) is 6.42 Å². The number of hydrogen-bond donors (Lipinski definition) is 0. The van der Waals surface area contributed by atoms with Crippen LogP contribution in [0.5, 0.6) is 0 Å². The SMILES string of the molecule is O=C1CCCC(C(CCC(F)(F)C(F)(F)C(F)(F)C(F)(F)C(F)(F)C(F)(F)C(F)(F)C(F)(F)F)OC(=O)C(F)(F)F)O1. The van der Waals surface area contributed by atoms with Gasteiger partial charge in [0.25, 0.3) is 0 Å². The number of carbonyl (C=O) groups is 2. The first-order valence-electron chi connectivity index (χ1n) is 10.4. The highest BCUT2D eigenvalue weighted by atomic mass is 19.4. The van der Waals surface area contributed by atoms with Gasteiger partial charge >= 0.3 is 65.7 Å². The molecule has 248 valence electrons. The summed E-state index contributed by atoms with van der Waals surface area (Å²) in [5.41, 5.74) is 0. The Balaban J connectivity index is 3.47. The van der Waals surface area contributed by atoms with Crippen molar-refractivity contribution in [3.05, 3.63) is 0 Å². The van der Waals surface area contributed by atoms with Crippen LogP contribution in [-0.4, -0.2) is 78.0 Å². The predicted octanol–water partition coefficient (Wildman–Crippen LogP) is 7.35. The number of rotatable bonds is 11. The van der Waals surface area contributed by atoms with Crippen molar-refractivity contribution >= 4 is 11.9 Å². The van der Waals surface area contributed by atoms with Gasteiger partial charge in [-0.1, -0.05) is 0 Å². The summed E-state index contributed by atoms with van der Waals surface area (Å²) in [5, 5.41) is 0. The maximum atomic E-state index is 14.1. The Morgan fingerprint density at radius 1 is 0.690 bits per heavy atom. The molecule has 2 unspecified atom stereocenters. The molecule has 1 rings (SSSR count). The molecule has 0 bridgehead atoms. The first kappa shape index (κ1) is 37.6. The van der Waals surface area contributed by atoms with Crippen LogP contribution in [0.2, 0.25) is 0 Å². The van der Waals surface area contributed by atoms with Gasteiger partial charge in [-0.05, 0) is 19.3 Å². The van der Waals surface area contributed by atoms with Crippen molar-refractivity contribution in [3.8, 4) is 0 Å². The lowest BCUT2D eigenvalue weighted by atomic mass is 9.87. The van der Waals surface area contributed by atoms with Crippen LogP contribution in [-0.2, 0) is 19.1 Å². The smallest absolute Gasteiger partial charge is 0.458 e. The van der Waals surface area contributed by atoms with Crippen LogP contribution < -0.4 is 0 Å². The monoisotopic (exact) mass is 672 g/mol. The van der Waals surface area contributed by atoms with E-state index in [1.165, 1.54) is 0 Å². The molecule has 0 aromatic rings. The fourth-order valence-corrected chi connectivity index (χ4v) is 3.20. The van der Waals surface area contributed by atoms with Gasteiger partial charge in [0, 0.05) is 12.8 Å². The molecule has 24 heteroatoms. The number of esters is 2. The van der Waals surface area contributed by atoms with Crippen LogP contribution in [0.1, 0.15) is 32.1 Å². The molecule has 1 heterocycles. The quantitative estimate of drug-likeness (QED) is 0.170. The predicted molar refractivity (Wildman–Crippen MR) is 89.6 cm³/mol. The Morgan fingerprint density at radius 2 is 1.10 bits per heavy atom. The number of hydrogen-bond acceptors (Lipinski definition) is 4. The van der Waals surface area contributed by atoms with Gasteiger partial charge < -0.3 is 9.47 Å². The van der Waals surface area contributed by atoms with Crippen molar-refractivity contribution in [2.45, 2.75) is 98.1 Å². The highest BCUT2D eigenvalue weighted by Crippen LogP contribution is 2.64. The van der Waals surface area contributed by atoms with E-state index in [0.717, 1.165) is 0 Å². The van der Waals surface area contributed by atoms with E-state index >= 15 is 0 Å². The van der Waals surface area contributed by atoms with Gasteiger partial charge in [-0.15, -0.1) is 0 Å².